The van der Waals surface area contributed by atoms with E-state index < -0.39 is 0 Å². The minimum atomic E-state index is -0.206. The normalized spacial score (nSPS) is 10.3. The first-order chi connectivity index (χ1) is 8.13. The molecule has 17 heavy (non-hydrogen) atoms. The highest BCUT2D eigenvalue weighted by molar-refractivity contribution is 6.35. The van der Waals surface area contributed by atoms with E-state index in [1.807, 2.05) is 12.1 Å². The number of halogens is 2. The van der Waals surface area contributed by atoms with Crippen molar-refractivity contribution < 1.29 is 9.53 Å². The number of carbonyl (C=O) groups excluding carboxylic acids is 1. The third-order valence-electron chi connectivity index (χ3n) is 2.32. The third-order valence-corrected chi connectivity index (χ3v) is 2.91. The lowest BCUT2D eigenvalue weighted by Gasteiger charge is -2.06. The standard InChI is InChI=1S/C12H15Cl2NO2/c1-17-12(16)5-7-15-6-4-9-2-3-10(13)8-11(9)14/h2-3,8,15H,4-7H2,1H3. The molecule has 0 saturated heterocycles. The van der Waals surface area contributed by atoms with Crippen molar-refractivity contribution in [3.63, 3.8) is 0 Å². The van der Waals surface area contributed by atoms with E-state index in [2.05, 4.69) is 10.1 Å². The van der Waals surface area contributed by atoms with Crippen LogP contribution in [0.4, 0.5) is 0 Å². The first kappa shape index (κ1) is 14.3. The SMILES string of the molecule is COC(=O)CCNCCc1ccc(Cl)cc1Cl. The highest BCUT2D eigenvalue weighted by Gasteiger charge is 2.02. The lowest BCUT2D eigenvalue weighted by atomic mass is 10.1. The van der Waals surface area contributed by atoms with Crippen LogP contribution in [-0.2, 0) is 16.0 Å². The molecule has 0 spiro atoms. The van der Waals surface area contributed by atoms with E-state index in [1.54, 1.807) is 6.07 Å². The zero-order valence-electron chi connectivity index (χ0n) is 9.63. The van der Waals surface area contributed by atoms with Gasteiger partial charge in [-0.15, -0.1) is 0 Å². The average Bonchev–Trinajstić information content (AvgIpc) is 2.30. The molecule has 0 unspecified atom stereocenters. The second-order valence-electron chi connectivity index (χ2n) is 3.56. The molecule has 1 rings (SSSR count). The number of ether oxygens (including phenoxy) is 1. The van der Waals surface area contributed by atoms with Gasteiger partial charge in [-0.2, -0.15) is 0 Å². The van der Waals surface area contributed by atoms with Crippen LogP contribution in [0.2, 0.25) is 10.0 Å². The van der Waals surface area contributed by atoms with Gasteiger partial charge in [-0.25, -0.2) is 0 Å². The van der Waals surface area contributed by atoms with Crippen LogP contribution in [-0.4, -0.2) is 26.2 Å². The predicted molar refractivity (Wildman–Crippen MR) is 69.7 cm³/mol. The van der Waals surface area contributed by atoms with Gasteiger partial charge in [0.2, 0.25) is 0 Å². The van der Waals surface area contributed by atoms with Crippen LogP contribution in [0.5, 0.6) is 0 Å². The van der Waals surface area contributed by atoms with Gasteiger partial charge in [-0.1, -0.05) is 29.3 Å². The van der Waals surface area contributed by atoms with E-state index >= 15 is 0 Å². The van der Waals surface area contributed by atoms with Crippen molar-refractivity contribution in [2.75, 3.05) is 20.2 Å². The van der Waals surface area contributed by atoms with Crippen LogP contribution < -0.4 is 5.32 Å². The van der Waals surface area contributed by atoms with E-state index in [1.165, 1.54) is 7.11 Å². The van der Waals surface area contributed by atoms with Crippen LogP contribution in [0.15, 0.2) is 18.2 Å². The molecule has 1 aromatic carbocycles. The maximum atomic E-state index is 10.8. The molecule has 0 amide bonds. The molecule has 0 atom stereocenters. The molecule has 0 bridgehead atoms. The fourth-order valence-corrected chi connectivity index (χ4v) is 1.87. The second kappa shape index (κ2) is 7.54. The van der Waals surface area contributed by atoms with Gasteiger partial charge in [-0.05, 0) is 30.7 Å². The smallest absolute Gasteiger partial charge is 0.306 e. The van der Waals surface area contributed by atoms with Gasteiger partial charge in [0.05, 0.1) is 13.5 Å². The first-order valence-corrected chi connectivity index (χ1v) is 6.10. The van der Waals surface area contributed by atoms with E-state index in [0.717, 1.165) is 18.5 Å². The molecule has 0 radical (unpaired) electrons. The minimum Gasteiger partial charge on any atom is -0.469 e. The molecule has 1 aromatic rings. The van der Waals surface area contributed by atoms with Crippen LogP contribution in [0, 0.1) is 0 Å². The summed E-state index contributed by atoms with van der Waals surface area (Å²) < 4.78 is 4.53. The van der Waals surface area contributed by atoms with Gasteiger partial charge < -0.3 is 10.1 Å². The van der Waals surface area contributed by atoms with Crippen molar-refractivity contribution in [3.05, 3.63) is 33.8 Å². The van der Waals surface area contributed by atoms with E-state index in [4.69, 9.17) is 23.2 Å². The fourth-order valence-electron chi connectivity index (χ4n) is 1.36. The van der Waals surface area contributed by atoms with Crippen LogP contribution >= 0.6 is 23.2 Å². The summed E-state index contributed by atoms with van der Waals surface area (Å²) in [5, 5.41) is 4.46. The van der Waals surface area contributed by atoms with Crippen molar-refractivity contribution in [1.82, 2.24) is 5.32 Å². The molecule has 0 fully saturated rings. The van der Waals surface area contributed by atoms with Crippen LogP contribution in [0.3, 0.4) is 0 Å². The summed E-state index contributed by atoms with van der Waals surface area (Å²) in [5.74, 6) is -0.206. The number of benzene rings is 1. The van der Waals surface area contributed by atoms with Crippen LogP contribution in [0.25, 0.3) is 0 Å². The van der Waals surface area contributed by atoms with Crippen molar-refractivity contribution in [2.45, 2.75) is 12.8 Å². The Balaban J connectivity index is 2.24. The predicted octanol–water partition coefficient (Wildman–Crippen LogP) is 2.69. The number of methoxy groups -OCH3 is 1. The topological polar surface area (TPSA) is 38.3 Å². The zero-order valence-corrected chi connectivity index (χ0v) is 11.1. The average molecular weight is 276 g/mol. The number of nitrogens with one attached hydrogen (secondary N) is 1. The molecule has 1 N–H and O–H groups in total. The van der Waals surface area contributed by atoms with Gasteiger partial charge in [0.1, 0.15) is 0 Å². The third kappa shape index (κ3) is 5.39. The van der Waals surface area contributed by atoms with Gasteiger partial charge >= 0.3 is 5.97 Å². The number of esters is 1. The van der Waals surface area contributed by atoms with Gasteiger partial charge in [-0.3, -0.25) is 4.79 Å². The molecule has 3 nitrogen and oxygen atoms in total. The lowest BCUT2D eigenvalue weighted by molar-refractivity contribution is -0.140. The summed E-state index contributed by atoms with van der Waals surface area (Å²) in [5.41, 5.74) is 1.04. The molecule has 0 aliphatic carbocycles. The molecule has 0 heterocycles. The summed E-state index contributed by atoms with van der Waals surface area (Å²) in [6.45, 7) is 1.37. The maximum Gasteiger partial charge on any atom is 0.306 e. The van der Waals surface area contributed by atoms with Crippen molar-refractivity contribution in [3.8, 4) is 0 Å². The van der Waals surface area contributed by atoms with Gasteiger partial charge in [0.15, 0.2) is 0 Å². The molecular weight excluding hydrogens is 261 g/mol. The number of hydrogen-bond donors (Lipinski definition) is 1. The highest BCUT2D eigenvalue weighted by Crippen LogP contribution is 2.20. The number of rotatable bonds is 6. The Morgan fingerprint density at radius 3 is 2.76 bits per heavy atom. The second-order valence-corrected chi connectivity index (χ2v) is 4.41. The Labute approximate surface area is 111 Å². The number of hydrogen-bond acceptors (Lipinski definition) is 3. The Morgan fingerprint density at radius 2 is 2.12 bits per heavy atom. The summed E-state index contributed by atoms with van der Waals surface area (Å²) >= 11 is 11.8. The molecule has 94 valence electrons. The Morgan fingerprint density at radius 1 is 1.35 bits per heavy atom. The minimum absolute atomic E-state index is 0.206. The zero-order chi connectivity index (χ0) is 12.7. The summed E-state index contributed by atoms with van der Waals surface area (Å²) in [4.78, 5) is 10.8. The van der Waals surface area contributed by atoms with E-state index in [0.29, 0.717) is 23.0 Å². The van der Waals surface area contributed by atoms with Gasteiger partial charge in [0, 0.05) is 16.6 Å². The lowest BCUT2D eigenvalue weighted by Crippen LogP contribution is -2.21. The maximum absolute atomic E-state index is 10.8. The van der Waals surface area contributed by atoms with E-state index in [9.17, 15) is 4.79 Å². The molecule has 0 aliphatic rings. The summed E-state index contributed by atoms with van der Waals surface area (Å²) in [6.07, 6.45) is 1.18. The fraction of sp³-hybridized carbons (Fsp3) is 0.417. The molecule has 0 aromatic heterocycles. The van der Waals surface area contributed by atoms with Gasteiger partial charge in [0.25, 0.3) is 0 Å². The Kier molecular flexibility index (Phi) is 6.34. The van der Waals surface area contributed by atoms with Crippen LogP contribution in [0.1, 0.15) is 12.0 Å². The number of carbonyl (C=O) groups is 1. The van der Waals surface area contributed by atoms with E-state index in [-0.39, 0.29) is 5.97 Å². The Bertz CT molecular complexity index is 383. The molecular formula is C12H15Cl2NO2. The molecule has 0 saturated carbocycles. The summed E-state index contributed by atoms with van der Waals surface area (Å²) in [7, 11) is 1.38. The van der Waals surface area contributed by atoms with Crippen molar-refractivity contribution in [2.24, 2.45) is 0 Å². The largest absolute Gasteiger partial charge is 0.469 e. The van der Waals surface area contributed by atoms with Crippen molar-refractivity contribution in [1.29, 1.82) is 0 Å². The monoisotopic (exact) mass is 275 g/mol. The Hall–Kier alpha value is -0.770. The molecule has 0 aliphatic heterocycles. The van der Waals surface area contributed by atoms with Crippen molar-refractivity contribution >= 4 is 29.2 Å². The highest BCUT2D eigenvalue weighted by atomic mass is 35.5. The quantitative estimate of drug-likeness (QED) is 0.641. The molecule has 5 heteroatoms. The first-order valence-electron chi connectivity index (χ1n) is 5.35. The summed E-state index contributed by atoms with van der Waals surface area (Å²) in [6, 6.07) is 5.46.